The molecule has 4 rings (SSSR count). The van der Waals surface area contributed by atoms with Crippen molar-refractivity contribution < 1.29 is 14.7 Å². The maximum atomic E-state index is 12.5. The molecule has 42 heavy (non-hydrogen) atoms. The zero-order chi connectivity index (χ0) is 30.0. The minimum atomic E-state index is -0.693. The first kappa shape index (κ1) is 32.5. The largest absolute Gasteiger partial charge is 0.481 e. The molecule has 0 radical (unpaired) electrons. The Morgan fingerprint density at radius 2 is 1.62 bits per heavy atom. The van der Waals surface area contributed by atoms with Crippen LogP contribution in [0, 0.1) is 5.92 Å². The summed E-state index contributed by atoms with van der Waals surface area (Å²) in [7, 11) is 0. The summed E-state index contributed by atoms with van der Waals surface area (Å²) in [6.45, 7) is 4.22. The number of amides is 1. The van der Waals surface area contributed by atoms with Crippen LogP contribution in [-0.2, 0) is 22.6 Å². The smallest absolute Gasteiger partial charge is 0.303 e. The van der Waals surface area contributed by atoms with E-state index >= 15 is 0 Å². The van der Waals surface area contributed by atoms with Gasteiger partial charge in [0.2, 0.25) is 11.7 Å². The van der Waals surface area contributed by atoms with E-state index in [0.29, 0.717) is 31.0 Å². The number of aromatic nitrogens is 4. The number of thiol groups is 1. The maximum absolute atomic E-state index is 12.5. The summed E-state index contributed by atoms with van der Waals surface area (Å²) in [4.78, 5) is 22.2. The second-order valence-corrected chi connectivity index (χ2v) is 10.2. The minimum Gasteiger partial charge on any atom is -0.481 e. The molecule has 222 valence electrons. The Morgan fingerprint density at radius 1 is 0.905 bits per heavy atom. The Bertz CT molecular complexity index is 1330. The number of benzene rings is 3. The second kappa shape index (κ2) is 18.4. The monoisotopic (exact) mass is 588 g/mol. The van der Waals surface area contributed by atoms with Gasteiger partial charge in [-0.3, -0.25) is 9.59 Å². The number of aromatic amines is 1. The molecule has 0 saturated heterocycles. The standard InChI is InChI=1S/C27H30N6OS.C5H10O2/c34-27(23(19-35)17-20-7-2-1-3-8-20)29-16-6-15-28-18-21-11-13-22(14-12-21)24-9-4-5-10-25(24)26-30-32-33-31-26;1-2-3-4-5(6)7/h1-5,7-14,23,28,35H,6,15-19H2,(H,29,34)(H,30,31,32,33);2-4H2,1H3,(H,6,7). The number of rotatable bonds is 15. The molecule has 3 aromatic carbocycles. The fourth-order valence-corrected chi connectivity index (χ4v) is 4.57. The number of carbonyl (C=O) groups excluding carboxylic acids is 1. The number of H-pyrrole nitrogens is 1. The molecule has 0 saturated carbocycles. The normalized spacial score (nSPS) is 11.3. The number of aliphatic carboxylic acids is 1. The van der Waals surface area contributed by atoms with Gasteiger partial charge in [-0.2, -0.15) is 17.8 Å². The van der Waals surface area contributed by atoms with E-state index < -0.39 is 5.97 Å². The lowest BCUT2D eigenvalue weighted by molar-refractivity contribution is -0.137. The van der Waals surface area contributed by atoms with E-state index in [1.807, 2.05) is 55.5 Å². The summed E-state index contributed by atoms with van der Waals surface area (Å²) < 4.78 is 0. The van der Waals surface area contributed by atoms with Gasteiger partial charge in [0.15, 0.2) is 0 Å². The number of nitrogens with zero attached hydrogens (tertiary/aromatic N) is 3. The van der Waals surface area contributed by atoms with Gasteiger partial charge in [0.25, 0.3) is 0 Å². The van der Waals surface area contributed by atoms with Crippen molar-refractivity contribution in [2.75, 3.05) is 18.8 Å². The molecule has 1 aromatic heterocycles. The van der Waals surface area contributed by atoms with Gasteiger partial charge in [-0.1, -0.05) is 92.2 Å². The average molecular weight is 589 g/mol. The predicted molar refractivity (Wildman–Crippen MR) is 169 cm³/mol. The van der Waals surface area contributed by atoms with E-state index in [1.165, 1.54) is 5.56 Å². The van der Waals surface area contributed by atoms with Gasteiger partial charge in [0, 0.05) is 30.8 Å². The number of hydrogen-bond donors (Lipinski definition) is 5. The summed E-state index contributed by atoms with van der Waals surface area (Å²) in [5, 5.41) is 29.0. The summed E-state index contributed by atoms with van der Waals surface area (Å²) in [5.41, 5.74) is 5.47. The van der Waals surface area contributed by atoms with Gasteiger partial charge >= 0.3 is 5.97 Å². The van der Waals surface area contributed by atoms with Crippen molar-refractivity contribution in [1.82, 2.24) is 31.3 Å². The topological polar surface area (TPSA) is 133 Å². The fraction of sp³-hybridized carbons (Fsp3) is 0.344. The molecule has 10 heteroatoms. The lowest BCUT2D eigenvalue weighted by atomic mass is 9.98. The average Bonchev–Trinajstić information content (AvgIpc) is 3.57. The molecule has 1 heterocycles. The quantitative estimate of drug-likeness (QED) is 0.0955. The summed E-state index contributed by atoms with van der Waals surface area (Å²) in [6, 6.07) is 26.6. The van der Waals surface area contributed by atoms with Crippen molar-refractivity contribution in [2.45, 2.75) is 45.6 Å². The highest BCUT2D eigenvalue weighted by Crippen LogP contribution is 2.29. The zero-order valence-electron chi connectivity index (χ0n) is 24.0. The number of carboxylic acid groups (broad SMARTS) is 1. The van der Waals surface area contributed by atoms with Gasteiger partial charge in [-0.05, 0) is 53.3 Å². The summed E-state index contributed by atoms with van der Waals surface area (Å²) in [5.74, 6) is 0.383. The minimum absolute atomic E-state index is 0.0699. The number of carboxylic acids is 1. The number of unbranched alkanes of at least 4 members (excludes halogenated alkanes) is 1. The van der Waals surface area contributed by atoms with Crippen molar-refractivity contribution >= 4 is 24.5 Å². The lowest BCUT2D eigenvalue weighted by Crippen LogP contribution is -2.34. The van der Waals surface area contributed by atoms with Crippen LogP contribution in [0.4, 0.5) is 0 Å². The molecule has 0 aliphatic heterocycles. The van der Waals surface area contributed by atoms with Crippen LogP contribution in [0.2, 0.25) is 0 Å². The van der Waals surface area contributed by atoms with Crippen LogP contribution in [0.15, 0.2) is 78.9 Å². The van der Waals surface area contributed by atoms with E-state index in [-0.39, 0.29) is 11.8 Å². The summed E-state index contributed by atoms with van der Waals surface area (Å²) >= 11 is 4.37. The van der Waals surface area contributed by atoms with Crippen LogP contribution in [0.5, 0.6) is 0 Å². The zero-order valence-corrected chi connectivity index (χ0v) is 24.9. The van der Waals surface area contributed by atoms with Gasteiger partial charge in [-0.15, -0.1) is 10.2 Å². The third kappa shape index (κ3) is 11.1. The van der Waals surface area contributed by atoms with Crippen LogP contribution in [-0.4, -0.2) is 56.4 Å². The maximum Gasteiger partial charge on any atom is 0.303 e. The Labute approximate surface area is 252 Å². The van der Waals surface area contributed by atoms with Crippen LogP contribution in [0.3, 0.4) is 0 Å². The van der Waals surface area contributed by atoms with Gasteiger partial charge in [0.05, 0.1) is 5.92 Å². The van der Waals surface area contributed by atoms with Crippen molar-refractivity contribution in [3.05, 3.63) is 90.0 Å². The van der Waals surface area contributed by atoms with Gasteiger partial charge in [0.1, 0.15) is 0 Å². The lowest BCUT2D eigenvalue weighted by Gasteiger charge is -2.15. The molecule has 0 fully saturated rings. The molecular weight excluding hydrogens is 548 g/mol. The SMILES string of the molecule is CCCCC(=O)O.O=C(NCCCNCc1ccc(-c2ccccc2-c2nn[nH]n2)cc1)C(CS)Cc1ccccc1. The van der Waals surface area contributed by atoms with Gasteiger partial charge in [-0.25, -0.2) is 0 Å². The number of nitrogens with one attached hydrogen (secondary N) is 3. The van der Waals surface area contributed by atoms with E-state index in [1.54, 1.807) is 0 Å². The first-order chi connectivity index (χ1) is 20.5. The van der Waals surface area contributed by atoms with E-state index in [0.717, 1.165) is 54.6 Å². The van der Waals surface area contributed by atoms with E-state index in [2.05, 4.69) is 74.2 Å². The highest BCUT2D eigenvalue weighted by molar-refractivity contribution is 7.80. The second-order valence-electron chi connectivity index (χ2n) is 9.87. The van der Waals surface area contributed by atoms with Crippen molar-refractivity contribution in [1.29, 1.82) is 0 Å². The third-order valence-electron chi connectivity index (χ3n) is 6.60. The molecule has 1 atom stereocenters. The van der Waals surface area contributed by atoms with Crippen LogP contribution in [0.25, 0.3) is 22.5 Å². The highest BCUT2D eigenvalue weighted by Gasteiger charge is 2.16. The number of tetrazole rings is 1. The Kier molecular flexibility index (Phi) is 14.3. The molecule has 4 N–H and O–H groups in total. The molecular formula is C32H40N6O3S. The Balaban J connectivity index is 0.000000616. The summed E-state index contributed by atoms with van der Waals surface area (Å²) in [6.07, 6.45) is 3.66. The van der Waals surface area contributed by atoms with E-state index in [4.69, 9.17) is 5.11 Å². The van der Waals surface area contributed by atoms with Gasteiger partial charge < -0.3 is 15.7 Å². The first-order valence-corrected chi connectivity index (χ1v) is 14.9. The van der Waals surface area contributed by atoms with Crippen molar-refractivity contribution in [2.24, 2.45) is 5.92 Å². The van der Waals surface area contributed by atoms with Crippen LogP contribution >= 0.6 is 12.6 Å². The molecule has 1 unspecified atom stereocenters. The first-order valence-electron chi connectivity index (χ1n) is 14.3. The fourth-order valence-electron chi connectivity index (χ4n) is 4.28. The Hall–Kier alpha value is -4.02. The molecule has 0 aliphatic carbocycles. The van der Waals surface area contributed by atoms with Crippen LogP contribution < -0.4 is 10.6 Å². The Morgan fingerprint density at radius 3 is 2.24 bits per heavy atom. The number of hydrogen-bond acceptors (Lipinski definition) is 7. The predicted octanol–water partition coefficient (Wildman–Crippen LogP) is 5.18. The van der Waals surface area contributed by atoms with Crippen LogP contribution in [0.1, 0.15) is 43.7 Å². The molecule has 9 nitrogen and oxygen atoms in total. The van der Waals surface area contributed by atoms with Crippen molar-refractivity contribution in [3.8, 4) is 22.5 Å². The molecule has 1 amide bonds. The number of carbonyl (C=O) groups is 2. The highest BCUT2D eigenvalue weighted by atomic mass is 32.1. The molecule has 0 spiro atoms. The molecule has 0 bridgehead atoms. The third-order valence-corrected chi connectivity index (χ3v) is 7.04. The molecule has 0 aliphatic rings. The molecule has 4 aromatic rings. The van der Waals surface area contributed by atoms with E-state index in [9.17, 15) is 9.59 Å². The van der Waals surface area contributed by atoms with Crippen molar-refractivity contribution in [3.63, 3.8) is 0 Å².